The number of carbonyl (C=O) groups excluding carboxylic acids is 2. The predicted octanol–water partition coefficient (Wildman–Crippen LogP) is 2.20. The van der Waals surface area contributed by atoms with Crippen molar-refractivity contribution in [2.75, 3.05) is 11.9 Å². The summed E-state index contributed by atoms with van der Waals surface area (Å²) in [6.45, 7) is 4.83. The first kappa shape index (κ1) is 18.9. The molecule has 0 fully saturated rings. The number of rotatable bonds is 8. The molecule has 0 atom stereocenters. The molecule has 10 nitrogen and oxygen atoms in total. The van der Waals surface area contributed by atoms with E-state index in [0.29, 0.717) is 13.1 Å². The van der Waals surface area contributed by atoms with Crippen LogP contribution in [0, 0.1) is 10.1 Å². The van der Waals surface area contributed by atoms with Crippen molar-refractivity contribution < 1.29 is 18.9 Å². The number of aromatic nitrogens is 2. The molecule has 2 aromatic rings. The largest absolute Gasteiger partial charge is 0.433 e. The molecule has 10 heteroatoms. The maximum atomic E-state index is 12.1. The van der Waals surface area contributed by atoms with Crippen LogP contribution >= 0.6 is 0 Å². The van der Waals surface area contributed by atoms with Crippen LogP contribution in [0.2, 0.25) is 0 Å². The van der Waals surface area contributed by atoms with Crippen LogP contribution in [-0.4, -0.2) is 33.1 Å². The Morgan fingerprint density at radius 1 is 1.38 bits per heavy atom. The summed E-state index contributed by atoms with van der Waals surface area (Å²) in [5, 5.41) is 20.0. The molecule has 0 aliphatic heterocycles. The molecular formula is C16H19N5O5. The van der Waals surface area contributed by atoms with Gasteiger partial charge in [0.25, 0.3) is 5.91 Å². The van der Waals surface area contributed by atoms with Crippen molar-refractivity contribution in [3.05, 3.63) is 46.0 Å². The second-order valence-corrected chi connectivity index (χ2v) is 5.26. The van der Waals surface area contributed by atoms with E-state index in [-0.39, 0.29) is 23.0 Å². The third kappa shape index (κ3) is 4.79. The van der Waals surface area contributed by atoms with Gasteiger partial charge in [0.1, 0.15) is 10.7 Å². The number of hydrogen-bond acceptors (Lipinski definition) is 6. The fraction of sp³-hybridized carbons (Fsp3) is 0.312. The van der Waals surface area contributed by atoms with Crippen LogP contribution in [0.1, 0.15) is 36.5 Å². The molecule has 0 aromatic carbocycles. The number of anilines is 1. The van der Waals surface area contributed by atoms with Crippen molar-refractivity contribution >= 4 is 29.5 Å². The average molecular weight is 361 g/mol. The van der Waals surface area contributed by atoms with Crippen LogP contribution < -0.4 is 10.6 Å². The second-order valence-electron chi connectivity index (χ2n) is 5.26. The van der Waals surface area contributed by atoms with E-state index in [9.17, 15) is 19.7 Å². The van der Waals surface area contributed by atoms with Crippen LogP contribution in [-0.2, 0) is 11.3 Å². The molecule has 0 unspecified atom stereocenters. The van der Waals surface area contributed by atoms with E-state index >= 15 is 0 Å². The standard InChI is InChI=1S/C16H19N5O5/c1-3-9-17-16(23)15-12(10-20(4-2)19-15)18-13(22)7-5-11-6-8-14(26-11)21(24)25/h5-8,10H,3-4,9H2,1-2H3,(H,17,23)(H,18,22)/b7-5+. The molecule has 26 heavy (non-hydrogen) atoms. The Kier molecular flexibility index (Phi) is 6.25. The summed E-state index contributed by atoms with van der Waals surface area (Å²) in [6, 6.07) is 2.57. The fourth-order valence-corrected chi connectivity index (χ4v) is 2.03. The Labute approximate surface area is 149 Å². The quantitative estimate of drug-likeness (QED) is 0.421. The van der Waals surface area contributed by atoms with Crippen LogP contribution in [0.25, 0.3) is 6.08 Å². The molecule has 0 spiro atoms. The lowest BCUT2D eigenvalue weighted by Gasteiger charge is -2.03. The molecule has 2 aromatic heterocycles. The van der Waals surface area contributed by atoms with E-state index in [1.165, 1.54) is 22.9 Å². The lowest BCUT2D eigenvalue weighted by Crippen LogP contribution is -2.26. The highest BCUT2D eigenvalue weighted by Crippen LogP contribution is 2.17. The minimum atomic E-state index is -0.669. The Bertz CT molecular complexity index is 836. The molecule has 138 valence electrons. The Balaban J connectivity index is 2.09. The first-order chi connectivity index (χ1) is 12.4. The smallest absolute Gasteiger partial charge is 0.401 e. The van der Waals surface area contributed by atoms with Gasteiger partial charge in [-0.1, -0.05) is 6.92 Å². The van der Waals surface area contributed by atoms with E-state index in [2.05, 4.69) is 15.7 Å². The van der Waals surface area contributed by atoms with Crippen LogP contribution in [0.4, 0.5) is 11.6 Å². The number of nitrogens with zero attached hydrogens (tertiary/aromatic N) is 3. The topological polar surface area (TPSA) is 132 Å². The van der Waals surface area contributed by atoms with Crippen LogP contribution in [0.5, 0.6) is 0 Å². The zero-order valence-electron chi connectivity index (χ0n) is 14.4. The molecule has 2 rings (SSSR count). The van der Waals surface area contributed by atoms with E-state index in [1.54, 1.807) is 6.20 Å². The molecule has 0 aliphatic carbocycles. The summed E-state index contributed by atoms with van der Waals surface area (Å²) < 4.78 is 6.46. The number of carbonyl (C=O) groups is 2. The summed E-state index contributed by atoms with van der Waals surface area (Å²) in [4.78, 5) is 34.1. The highest BCUT2D eigenvalue weighted by molar-refractivity contribution is 6.06. The van der Waals surface area contributed by atoms with Gasteiger partial charge < -0.3 is 15.1 Å². The predicted molar refractivity (Wildman–Crippen MR) is 93.6 cm³/mol. The van der Waals surface area contributed by atoms with Crippen molar-refractivity contribution in [1.29, 1.82) is 0 Å². The van der Waals surface area contributed by atoms with Crippen LogP contribution in [0.15, 0.2) is 28.8 Å². The van der Waals surface area contributed by atoms with E-state index < -0.39 is 16.7 Å². The molecule has 0 radical (unpaired) electrons. The number of hydrogen-bond donors (Lipinski definition) is 2. The van der Waals surface area contributed by atoms with Gasteiger partial charge in [0.15, 0.2) is 5.69 Å². The Morgan fingerprint density at radius 3 is 2.77 bits per heavy atom. The van der Waals surface area contributed by atoms with Gasteiger partial charge in [-0.15, -0.1) is 0 Å². The summed E-state index contributed by atoms with van der Waals surface area (Å²) in [5.41, 5.74) is 0.399. The van der Waals surface area contributed by atoms with E-state index in [4.69, 9.17) is 4.42 Å². The van der Waals surface area contributed by atoms with Gasteiger partial charge in [-0.2, -0.15) is 5.10 Å². The van der Waals surface area contributed by atoms with E-state index in [1.807, 2.05) is 13.8 Å². The van der Waals surface area contributed by atoms with Crippen molar-refractivity contribution in [3.63, 3.8) is 0 Å². The van der Waals surface area contributed by atoms with Gasteiger partial charge >= 0.3 is 5.88 Å². The number of nitro groups is 1. The monoisotopic (exact) mass is 361 g/mol. The third-order valence-corrected chi connectivity index (χ3v) is 3.29. The lowest BCUT2D eigenvalue weighted by atomic mass is 10.3. The SMILES string of the molecule is CCCNC(=O)c1nn(CC)cc1NC(=O)/C=C/c1ccc([N+](=O)[O-])o1. The van der Waals surface area contributed by atoms with E-state index in [0.717, 1.165) is 12.5 Å². The van der Waals surface area contributed by atoms with Gasteiger partial charge in [0.2, 0.25) is 5.91 Å². The summed E-state index contributed by atoms with van der Waals surface area (Å²) in [6.07, 6.45) is 4.78. The highest BCUT2D eigenvalue weighted by Gasteiger charge is 2.17. The maximum Gasteiger partial charge on any atom is 0.433 e. The number of nitrogens with one attached hydrogen (secondary N) is 2. The molecule has 2 amide bonds. The molecule has 0 saturated heterocycles. The van der Waals surface area contributed by atoms with Crippen molar-refractivity contribution in [1.82, 2.24) is 15.1 Å². The lowest BCUT2D eigenvalue weighted by molar-refractivity contribution is -0.402. The molecule has 0 bridgehead atoms. The first-order valence-corrected chi connectivity index (χ1v) is 8.03. The zero-order valence-corrected chi connectivity index (χ0v) is 14.4. The summed E-state index contributed by atoms with van der Waals surface area (Å²) >= 11 is 0. The molecular weight excluding hydrogens is 342 g/mol. The minimum Gasteiger partial charge on any atom is -0.401 e. The summed E-state index contributed by atoms with van der Waals surface area (Å²) in [5.74, 6) is -1.15. The minimum absolute atomic E-state index is 0.121. The van der Waals surface area contributed by atoms with Crippen molar-refractivity contribution in [3.8, 4) is 0 Å². The van der Waals surface area contributed by atoms with Crippen molar-refractivity contribution in [2.45, 2.75) is 26.8 Å². The highest BCUT2D eigenvalue weighted by atomic mass is 16.6. The number of aryl methyl sites for hydroxylation is 1. The van der Waals surface area contributed by atoms with Gasteiger partial charge in [-0.3, -0.25) is 24.4 Å². The summed E-state index contributed by atoms with van der Waals surface area (Å²) in [7, 11) is 0. The molecule has 2 N–H and O–H groups in total. The fourth-order valence-electron chi connectivity index (χ4n) is 2.03. The van der Waals surface area contributed by atoms with Gasteiger partial charge in [-0.05, 0) is 25.5 Å². The van der Waals surface area contributed by atoms with Gasteiger partial charge in [0, 0.05) is 25.4 Å². The average Bonchev–Trinajstić information content (AvgIpc) is 3.24. The number of amides is 2. The molecule has 2 heterocycles. The number of furan rings is 1. The molecule has 0 aliphatic rings. The third-order valence-electron chi connectivity index (χ3n) is 3.29. The van der Waals surface area contributed by atoms with Gasteiger partial charge in [0.05, 0.1) is 11.8 Å². The van der Waals surface area contributed by atoms with Crippen molar-refractivity contribution in [2.24, 2.45) is 0 Å². The first-order valence-electron chi connectivity index (χ1n) is 8.03. The zero-order chi connectivity index (χ0) is 19.1. The van der Waals surface area contributed by atoms with Gasteiger partial charge in [-0.25, -0.2) is 0 Å². The molecule has 0 saturated carbocycles. The second kappa shape index (κ2) is 8.60. The van der Waals surface area contributed by atoms with Crippen LogP contribution in [0.3, 0.4) is 0 Å². The normalized spacial score (nSPS) is 10.8. The maximum absolute atomic E-state index is 12.1. The Morgan fingerprint density at radius 2 is 2.15 bits per heavy atom. The Hall–Kier alpha value is -3.43.